The van der Waals surface area contributed by atoms with E-state index in [1.807, 2.05) is 16.9 Å². The van der Waals surface area contributed by atoms with Crippen molar-refractivity contribution in [1.82, 2.24) is 14.8 Å². The first-order chi connectivity index (χ1) is 8.36. The van der Waals surface area contributed by atoms with Gasteiger partial charge >= 0.3 is 0 Å². The maximum absolute atomic E-state index is 4.69. The first-order valence-electron chi connectivity index (χ1n) is 6.15. The first kappa shape index (κ1) is 10.8. The molecule has 90 valence electrons. The first-order valence-corrected chi connectivity index (χ1v) is 6.97. The SMILES string of the molecule is CCNc1ccn(-c2nc3c(s2)CCCC3)n1. The van der Waals surface area contributed by atoms with Crippen LogP contribution in [0.4, 0.5) is 5.82 Å². The molecule has 2 heterocycles. The van der Waals surface area contributed by atoms with Gasteiger partial charge in [0, 0.05) is 23.7 Å². The highest BCUT2D eigenvalue weighted by molar-refractivity contribution is 7.14. The van der Waals surface area contributed by atoms with Crippen molar-refractivity contribution in [2.75, 3.05) is 11.9 Å². The molecule has 0 radical (unpaired) electrons. The molecule has 5 heteroatoms. The number of anilines is 1. The Hall–Kier alpha value is -1.36. The van der Waals surface area contributed by atoms with Crippen LogP contribution in [0.1, 0.15) is 30.3 Å². The highest BCUT2D eigenvalue weighted by Crippen LogP contribution is 2.28. The molecule has 0 fully saturated rings. The third-order valence-corrected chi connectivity index (χ3v) is 4.12. The monoisotopic (exact) mass is 248 g/mol. The molecule has 0 unspecified atom stereocenters. The number of nitrogens with zero attached hydrogens (tertiary/aromatic N) is 3. The van der Waals surface area contributed by atoms with Gasteiger partial charge in [-0.05, 0) is 32.6 Å². The Labute approximate surface area is 105 Å². The number of rotatable bonds is 3. The number of aryl methyl sites for hydroxylation is 2. The van der Waals surface area contributed by atoms with Crippen LogP contribution in [0, 0.1) is 0 Å². The summed E-state index contributed by atoms with van der Waals surface area (Å²) in [5, 5.41) is 8.67. The summed E-state index contributed by atoms with van der Waals surface area (Å²) in [6.45, 7) is 2.96. The molecule has 0 aromatic carbocycles. The highest BCUT2D eigenvalue weighted by atomic mass is 32.1. The average Bonchev–Trinajstić information content (AvgIpc) is 2.94. The molecule has 0 saturated heterocycles. The lowest BCUT2D eigenvalue weighted by Gasteiger charge is -2.06. The lowest BCUT2D eigenvalue weighted by atomic mass is 10.0. The minimum atomic E-state index is 0.894. The average molecular weight is 248 g/mol. The van der Waals surface area contributed by atoms with E-state index in [2.05, 4.69) is 22.3 Å². The van der Waals surface area contributed by atoms with Gasteiger partial charge in [-0.2, -0.15) is 0 Å². The van der Waals surface area contributed by atoms with Gasteiger partial charge in [0.15, 0.2) is 0 Å². The Morgan fingerprint density at radius 1 is 1.41 bits per heavy atom. The Kier molecular flexibility index (Phi) is 2.84. The summed E-state index contributed by atoms with van der Waals surface area (Å²) in [4.78, 5) is 6.14. The molecule has 17 heavy (non-hydrogen) atoms. The second-order valence-electron chi connectivity index (χ2n) is 4.25. The van der Waals surface area contributed by atoms with E-state index in [0.717, 1.165) is 23.9 Å². The van der Waals surface area contributed by atoms with E-state index in [-0.39, 0.29) is 0 Å². The number of hydrogen-bond acceptors (Lipinski definition) is 4. The summed E-state index contributed by atoms with van der Waals surface area (Å²) >= 11 is 1.78. The van der Waals surface area contributed by atoms with Crippen molar-refractivity contribution >= 4 is 17.2 Å². The van der Waals surface area contributed by atoms with Crippen LogP contribution in [0.15, 0.2) is 12.3 Å². The molecule has 0 amide bonds. The number of hydrogen-bond donors (Lipinski definition) is 1. The van der Waals surface area contributed by atoms with Gasteiger partial charge in [0.2, 0.25) is 5.13 Å². The summed E-state index contributed by atoms with van der Waals surface area (Å²) in [6, 6.07) is 1.99. The van der Waals surface area contributed by atoms with Crippen LogP contribution in [0.5, 0.6) is 0 Å². The van der Waals surface area contributed by atoms with Gasteiger partial charge in [-0.15, -0.1) is 5.10 Å². The zero-order valence-electron chi connectivity index (χ0n) is 9.94. The van der Waals surface area contributed by atoms with Gasteiger partial charge in [-0.1, -0.05) is 11.3 Å². The van der Waals surface area contributed by atoms with Gasteiger partial charge in [0.25, 0.3) is 0 Å². The summed E-state index contributed by atoms with van der Waals surface area (Å²) in [6.07, 6.45) is 6.87. The molecule has 0 atom stereocenters. The Bertz CT molecular complexity index is 491. The third kappa shape index (κ3) is 2.07. The number of nitrogens with one attached hydrogen (secondary N) is 1. The predicted octanol–water partition coefficient (Wildman–Crippen LogP) is 2.64. The van der Waals surface area contributed by atoms with Crippen molar-refractivity contribution < 1.29 is 0 Å². The molecule has 4 nitrogen and oxygen atoms in total. The molecule has 2 aromatic heterocycles. The van der Waals surface area contributed by atoms with Gasteiger partial charge < -0.3 is 5.32 Å². The van der Waals surface area contributed by atoms with Gasteiger partial charge in [0.1, 0.15) is 5.82 Å². The fourth-order valence-electron chi connectivity index (χ4n) is 2.14. The molecule has 1 aliphatic rings. The summed E-state index contributed by atoms with van der Waals surface area (Å²) in [5.41, 5.74) is 1.29. The van der Waals surface area contributed by atoms with E-state index in [9.17, 15) is 0 Å². The van der Waals surface area contributed by atoms with Crippen LogP contribution in [0.25, 0.3) is 5.13 Å². The molecular formula is C12H16N4S. The molecule has 3 rings (SSSR count). The van der Waals surface area contributed by atoms with E-state index in [1.54, 1.807) is 11.3 Å². The van der Waals surface area contributed by atoms with Gasteiger partial charge in [-0.3, -0.25) is 0 Å². The zero-order chi connectivity index (χ0) is 11.7. The van der Waals surface area contributed by atoms with Crippen LogP contribution in [0.2, 0.25) is 0 Å². The molecule has 0 bridgehead atoms. The number of aromatic nitrogens is 3. The molecule has 0 aliphatic heterocycles. The Morgan fingerprint density at radius 2 is 2.29 bits per heavy atom. The summed E-state index contributed by atoms with van der Waals surface area (Å²) < 4.78 is 1.88. The van der Waals surface area contributed by atoms with Crippen molar-refractivity contribution in [3.63, 3.8) is 0 Å². The summed E-state index contributed by atoms with van der Waals surface area (Å²) in [7, 11) is 0. The fourth-order valence-corrected chi connectivity index (χ4v) is 3.23. The third-order valence-electron chi connectivity index (χ3n) is 2.98. The topological polar surface area (TPSA) is 42.7 Å². The standard InChI is InChI=1S/C12H16N4S/c1-2-13-11-7-8-16(15-11)12-14-9-5-3-4-6-10(9)17-12/h7-8H,2-6H2,1H3,(H,13,15). The maximum Gasteiger partial charge on any atom is 0.210 e. The second-order valence-corrected chi connectivity index (χ2v) is 5.31. The Balaban J connectivity index is 1.89. The van der Waals surface area contributed by atoms with Crippen LogP contribution < -0.4 is 5.32 Å². The van der Waals surface area contributed by atoms with Gasteiger partial charge in [-0.25, -0.2) is 9.67 Å². The minimum absolute atomic E-state index is 0.894. The van der Waals surface area contributed by atoms with Crippen LogP contribution >= 0.6 is 11.3 Å². The number of fused-ring (bicyclic) bond motifs is 1. The molecule has 1 N–H and O–H groups in total. The normalized spacial score (nSPS) is 14.6. The quantitative estimate of drug-likeness (QED) is 0.908. The zero-order valence-corrected chi connectivity index (χ0v) is 10.8. The van der Waals surface area contributed by atoms with Crippen molar-refractivity contribution in [1.29, 1.82) is 0 Å². The second kappa shape index (κ2) is 4.49. The molecule has 0 saturated carbocycles. The van der Waals surface area contributed by atoms with E-state index >= 15 is 0 Å². The van der Waals surface area contributed by atoms with Crippen LogP contribution in [-0.4, -0.2) is 21.3 Å². The van der Waals surface area contributed by atoms with E-state index < -0.39 is 0 Å². The largest absolute Gasteiger partial charge is 0.369 e. The van der Waals surface area contributed by atoms with Crippen LogP contribution in [0.3, 0.4) is 0 Å². The molecule has 0 spiro atoms. The van der Waals surface area contributed by atoms with Crippen molar-refractivity contribution in [2.45, 2.75) is 32.6 Å². The molecular weight excluding hydrogens is 232 g/mol. The lowest BCUT2D eigenvalue weighted by molar-refractivity contribution is 0.680. The van der Waals surface area contributed by atoms with Gasteiger partial charge in [0.05, 0.1) is 5.69 Å². The smallest absolute Gasteiger partial charge is 0.210 e. The van der Waals surface area contributed by atoms with E-state index in [4.69, 9.17) is 0 Å². The van der Waals surface area contributed by atoms with E-state index in [0.29, 0.717) is 0 Å². The predicted molar refractivity (Wildman–Crippen MR) is 70.0 cm³/mol. The maximum atomic E-state index is 4.69. The number of thiazole rings is 1. The Morgan fingerprint density at radius 3 is 3.12 bits per heavy atom. The highest BCUT2D eigenvalue weighted by Gasteiger charge is 2.16. The summed E-state index contributed by atoms with van der Waals surface area (Å²) in [5.74, 6) is 0.917. The lowest BCUT2D eigenvalue weighted by Crippen LogP contribution is -2.01. The van der Waals surface area contributed by atoms with Crippen molar-refractivity contribution in [2.24, 2.45) is 0 Å². The van der Waals surface area contributed by atoms with Crippen molar-refractivity contribution in [3.05, 3.63) is 22.8 Å². The van der Waals surface area contributed by atoms with Crippen LogP contribution in [-0.2, 0) is 12.8 Å². The minimum Gasteiger partial charge on any atom is -0.369 e. The van der Waals surface area contributed by atoms with E-state index in [1.165, 1.54) is 29.8 Å². The fraction of sp³-hybridized carbons (Fsp3) is 0.500. The molecule has 1 aliphatic carbocycles. The van der Waals surface area contributed by atoms with Crippen molar-refractivity contribution in [3.8, 4) is 5.13 Å². The molecule has 2 aromatic rings.